The molecule has 1 saturated heterocycles. The summed E-state index contributed by atoms with van der Waals surface area (Å²) in [5.74, 6) is -0.300. The summed E-state index contributed by atoms with van der Waals surface area (Å²) in [5, 5.41) is 2.69. The first kappa shape index (κ1) is 17.4. The van der Waals surface area contributed by atoms with Gasteiger partial charge in [0.05, 0.1) is 6.54 Å². The molecule has 2 rings (SSSR count). The van der Waals surface area contributed by atoms with Crippen LogP contribution in [0.2, 0.25) is 0 Å². The molecule has 0 aromatic heterocycles. The third-order valence-corrected chi connectivity index (χ3v) is 4.19. The fourth-order valence-corrected chi connectivity index (χ4v) is 2.58. The van der Waals surface area contributed by atoms with Gasteiger partial charge in [-0.1, -0.05) is 19.9 Å². The van der Waals surface area contributed by atoms with Crippen LogP contribution in [0.4, 0.5) is 10.1 Å². The number of amides is 2. The first-order valence-electron chi connectivity index (χ1n) is 8.06. The van der Waals surface area contributed by atoms with Gasteiger partial charge in [-0.2, -0.15) is 0 Å². The zero-order valence-electron chi connectivity index (χ0n) is 13.7. The standard InChI is InChI=1S/C17H24FN3O2/c1-3-13(2)17(23)21-9-7-20(8-10-21)12-16(22)19-15-6-4-5-14(18)11-15/h4-6,11,13H,3,7-10,12H2,1-2H3,(H,19,22)/t13-/m1/s1. The van der Waals surface area contributed by atoms with Crippen molar-refractivity contribution in [1.82, 2.24) is 9.80 Å². The van der Waals surface area contributed by atoms with E-state index in [2.05, 4.69) is 5.32 Å². The molecule has 1 aromatic rings. The molecule has 0 aliphatic carbocycles. The zero-order chi connectivity index (χ0) is 16.8. The number of carbonyl (C=O) groups excluding carboxylic acids is 2. The Morgan fingerprint density at radius 1 is 1.26 bits per heavy atom. The number of anilines is 1. The van der Waals surface area contributed by atoms with Gasteiger partial charge in [0.25, 0.3) is 0 Å². The molecule has 1 aliphatic heterocycles. The maximum Gasteiger partial charge on any atom is 0.238 e. The van der Waals surface area contributed by atoms with E-state index >= 15 is 0 Å². The predicted octanol–water partition coefficient (Wildman–Crippen LogP) is 1.95. The van der Waals surface area contributed by atoms with Crippen molar-refractivity contribution in [2.45, 2.75) is 20.3 Å². The van der Waals surface area contributed by atoms with Crippen LogP contribution in [-0.2, 0) is 9.59 Å². The highest BCUT2D eigenvalue weighted by Crippen LogP contribution is 2.11. The highest BCUT2D eigenvalue weighted by Gasteiger charge is 2.24. The number of hydrogen-bond acceptors (Lipinski definition) is 3. The van der Waals surface area contributed by atoms with Crippen LogP contribution in [0.3, 0.4) is 0 Å². The van der Waals surface area contributed by atoms with Crippen LogP contribution in [0.15, 0.2) is 24.3 Å². The summed E-state index contributed by atoms with van der Waals surface area (Å²) in [7, 11) is 0. The minimum atomic E-state index is -0.375. The molecule has 1 aliphatic rings. The molecular weight excluding hydrogens is 297 g/mol. The molecule has 1 fully saturated rings. The van der Waals surface area contributed by atoms with Gasteiger partial charge < -0.3 is 10.2 Å². The molecule has 0 saturated carbocycles. The van der Waals surface area contributed by atoms with Crippen LogP contribution in [-0.4, -0.2) is 54.3 Å². The van der Waals surface area contributed by atoms with Crippen molar-refractivity contribution in [2.24, 2.45) is 5.92 Å². The Bertz CT molecular complexity index is 557. The topological polar surface area (TPSA) is 52.7 Å². The lowest BCUT2D eigenvalue weighted by molar-refractivity contribution is -0.136. The van der Waals surface area contributed by atoms with Gasteiger partial charge in [0, 0.05) is 37.8 Å². The molecule has 1 aromatic carbocycles. The van der Waals surface area contributed by atoms with E-state index in [-0.39, 0.29) is 30.1 Å². The summed E-state index contributed by atoms with van der Waals surface area (Å²) in [6, 6.07) is 5.85. The van der Waals surface area contributed by atoms with E-state index in [9.17, 15) is 14.0 Å². The van der Waals surface area contributed by atoms with Gasteiger partial charge in [0.15, 0.2) is 0 Å². The minimum absolute atomic E-state index is 0.0535. The van der Waals surface area contributed by atoms with Gasteiger partial charge in [-0.15, -0.1) is 0 Å². The van der Waals surface area contributed by atoms with Crippen molar-refractivity contribution in [3.05, 3.63) is 30.1 Å². The molecule has 1 atom stereocenters. The number of hydrogen-bond donors (Lipinski definition) is 1. The first-order valence-corrected chi connectivity index (χ1v) is 8.06. The summed E-state index contributed by atoms with van der Waals surface area (Å²) in [4.78, 5) is 28.0. The van der Waals surface area contributed by atoms with E-state index in [1.54, 1.807) is 12.1 Å². The van der Waals surface area contributed by atoms with Crippen molar-refractivity contribution in [2.75, 3.05) is 38.0 Å². The van der Waals surface area contributed by atoms with Crippen molar-refractivity contribution in [3.8, 4) is 0 Å². The van der Waals surface area contributed by atoms with Gasteiger partial charge in [-0.3, -0.25) is 14.5 Å². The van der Waals surface area contributed by atoms with Gasteiger partial charge in [0.2, 0.25) is 11.8 Å². The minimum Gasteiger partial charge on any atom is -0.340 e. The fourth-order valence-electron chi connectivity index (χ4n) is 2.58. The van der Waals surface area contributed by atoms with Crippen LogP contribution in [0.5, 0.6) is 0 Å². The highest BCUT2D eigenvalue weighted by molar-refractivity contribution is 5.92. The molecule has 1 heterocycles. The lowest BCUT2D eigenvalue weighted by Gasteiger charge is -2.35. The smallest absolute Gasteiger partial charge is 0.238 e. The summed E-state index contributed by atoms with van der Waals surface area (Å²) >= 11 is 0. The normalized spacial score (nSPS) is 16.9. The maximum atomic E-state index is 13.1. The molecule has 0 spiro atoms. The summed E-state index contributed by atoms with van der Waals surface area (Å²) in [6.45, 7) is 6.86. The van der Waals surface area contributed by atoms with E-state index < -0.39 is 0 Å². The lowest BCUT2D eigenvalue weighted by Crippen LogP contribution is -2.51. The van der Waals surface area contributed by atoms with Crippen molar-refractivity contribution < 1.29 is 14.0 Å². The van der Waals surface area contributed by atoms with Crippen molar-refractivity contribution in [1.29, 1.82) is 0 Å². The largest absolute Gasteiger partial charge is 0.340 e. The second kappa shape index (κ2) is 8.06. The average Bonchev–Trinajstić information content (AvgIpc) is 2.54. The Hall–Kier alpha value is -1.95. The molecule has 2 amide bonds. The lowest BCUT2D eigenvalue weighted by atomic mass is 10.1. The van der Waals surface area contributed by atoms with E-state index in [4.69, 9.17) is 0 Å². The van der Waals surface area contributed by atoms with Gasteiger partial charge in [-0.05, 0) is 24.6 Å². The quantitative estimate of drug-likeness (QED) is 0.902. The molecule has 1 N–H and O–H groups in total. The van der Waals surface area contributed by atoms with Crippen molar-refractivity contribution >= 4 is 17.5 Å². The summed E-state index contributed by atoms with van der Waals surface area (Å²) in [5.41, 5.74) is 0.459. The second-order valence-electron chi connectivity index (χ2n) is 5.97. The Labute approximate surface area is 136 Å². The molecule has 5 nitrogen and oxygen atoms in total. The first-order chi connectivity index (χ1) is 11.0. The molecule has 126 valence electrons. The summed E-state index contributed by atoms with van der Waals surface area (Å²) < 4.78 is 13.1. The van der Waals surface area contributed by atoms with Crippen LogP contribution in [0.1, 0.15) is 20.3 Å². The molecule has 0 unspecified atom stereocenters. The Balaban J connectivity index is 1.77. The van der Waals surface area contributed by atoms with Crippen LogP contribution < -0.4 is 5.32 Å². The SMILES string of the molecule is CC[C@@H](C)C(=O)N1CCN(CC(=O)Nc2cccc(F)c2)CC1. The molecule has 6 heteroatoms. The fraction of sp³-hybridized carbons (Fsp3) is 0.529. The number of piperazine rings is 1. The number of benzene rings is 1. The molecule has 23 heavy (non-hydrogen) atoms. The average molecular weight is 321 g/mol. The third kappa shape index (κ3) is 5.03. The molecule has 0 bridgehead atoms. The van der Waals surface area contributed by atoms with Gasteiger partial charge in [0.1, 0.15) is 5.82 Å². The maximum absolute atomic E-state index is 13.1. The van der Waals surface area contributed by atoms with Crippen LogP contribution in [0.25, 0.3) is 0 Å². The molecule has 0 radical (unpaired) electrons. The highest BCUT2D eigenvalue weighted by atomic mass is 19.1. The molecular formula is C17H24FN3O2. The monoisotopic (exact) mass is 321 g/mol. The number of carbonyl (C=O) groups is 2. The second-order valence-corrected chi connectivity index (χ2v) is 5.97. The number of nitrogens with zero attached hydrogens (tertiary/aromatic N) is 2. The third-order valence-electron chi connectivity index (χ3n) is 4.19. The Morgan fingerprint density at radius 3 is 2.57 bits per heavy atom. The van der Waals surface area contributed by atoms with Gasteiger partial charge in [-0.25, -0.2) is 4.39 Å². The number of nitrogens with one attached hydrogen (secondary N) is 1. The van der Waals surface area contributed by atoms with Crippen LogP contribution in [0, 0.1) is 11.7 Å². The van der Waals surface area contributed by atoms with Crippen LogP contribution >= 0.6 is 0 Å². The summed E-state index contributed by atoms with van der Waals surface area (Å²) in [6.07, 6.45) is 0.842. The van der Waals surface area contributed by atoms with E-state index in [0.29, 0.717) is 31.9 Å². The predicted molar refractivity (Wildman–Crippen MR) is 87.5 cm³/mol. The van der Waals surface area contributed by atoms with Gasteiger partial charge >= 0.3 is 0 Å². The van der Waals surface area contributed by atoms with E-state index in [0.717, 1.165) is 6.42 Å². The Morgan fingerprint density at radius 2 is 1.96 bits per heavy atom. The van der Waals surface area contributed by atoms with Crippen molar-refractivity contribution in [3.63, 3.8) is 0 Å². The number of rotatable bonds is 5. The zero-order valence-corrected chi connectivity index (χ0v) is 13.7. The number of halogens is 1. The van der Waals surface area contributed by atoms with E-state index in [1.807, 2.05) is 23.6 Å². The Kier molecular flexibility index (Phi) is 6.10. The van der Waals surface area contributed by atoms with E-state index in [1.165, 1.54) is 12.1 Å².